The molecule has 11 heavy (non-hydrogen) atoms. The lowest BCUT2D eigenvalue weighted by atomic mass is 9.83. The first-order valence-electron chi connectivity index (χ1n) is 4.50. The Hall–Kier alpha value is 0.0900. The third-order valence-corrected chi connectivity index (χ3v) is 3.35. The van der Waals surface area contributed by atoms with E-state index >= 15 is 0 Å². The minimum absolute atomic E-state index is 0.794. The van der Waals surface area contributed by atoms with Gasteiger partial charge in [0.15, 0.2) is 0 Å². The molecule has 0 N–H and O–H groups in total. The van der Waals surface area contributed by atoms with Crippen molar-refractivity contribution in [2.75, 3.05) is 5.75 Å². The second-order valence-electron chi connectivity index (χ2n) is 3.74. The molecule has 0 aromatic heterocycles. The average molecular weight is 170 g/mol. The largest absolute Gasteiger partial charge is 0.179 e. The zero-order valence-electron chi connectivity index (χ0n) is 7.51. The van der Waals surface area contributed by atoms with Gasteiger partial charge in [0.2, 0.25) is 0 Å². The van der Waals surface area contributed by atoms with Crippen LogP contribution in [0.5, 0.6) is 0 Å². The van der Waals surface area contributed by atoms with Crippen LogP contribution >= 0.6 is 12.6 Å². The SMILES string of the molecule is CC1=CCC(C(C)CS)CC1. The monoisotopic (exact) mass is 170 g/mol. The van der Waals surface area contributed by atoms with E-state index in [4.69, 9.17) is 0 Å². The standard InChI is InChI=1S/C10H18S/c1-8-3-5-10(6-4-8)9(2)7-11/h3,9-11H,4-7H2,1-2H3. The molecule has 1 heteroatoms. The Labute approximate surface area is 75.5 Å². The number of thiol groups is 1. The van der Waals surface area contributed by atoms with Gasteiger partial charge in [-0.1, -0.05) is 18.6 Å². The van der Waals surface area contributed by atoms with E-state index < -0.39 is 0 Å². The molecular formula is C10H18S. The van der Waals surface area contributed by atoms with Gasteiger partial charge in [0.05, 0.1) is 0 Å². The highest BCUT2D eigenvalue weighted by Gasteiger charge is 2.17. The minimum Gasteiger partial charge on any atom is -0.179 e. The summed E-state index contributed by atoms with van der Waals surface area (Å²) in [6.45, 7) is 4.55. The lowest BCUT2D eigenvalue weighted by Crippen LogP contribution is -2.15. The summed E-state index contributed by atoms with van der Waals surface area (Å²) in [4.78, 5) is 0. The lowest BCUT2D eigenvalue weighted by molar-refractivity contribution is 0.356. The second-order valence-corrected chi connectivity index (χ2v) is 4.11. The summed E-state index contributed by atoms with van der Waals surface area (Å²) in [5, 5.41) is 0. The molecule has 0 saturated heterocycles. The van der Waals surface area contributed by atoms with Gasteiger partial charge < -0.3 is 0 Å². The molecule has 2 unspecified atom stereocenters. The van der Waals surface area contributed by atoms with Crippen molar-refractivity contribution in [2.45, 2.75) is 33.1 Å². The molecular weight excluding hydrogens is 152 g/mol. The number of allylic oxidation sites excluding steroid dienone is 2. The maximum absolute atomic E-state index is 4.33. The maximum atomic E-state index is 4.33. The molecule has 0 aromatic rings. The molecule has 0 aromatic carbocycles. The first kappa shape index (κ1) is 9.18. The van der Waals surface area contributed by atoms with E-state index in [1.54, 1.807) is 5.57 Å². The third kappa shape index (κ3) is 2.55. The molecule has 64 valence electrons. The quantitative estimate of drug-likeness (QED) is 0.477. The van der Waals surface area contributed by atoms with E-state index in [1.165, 1.54) is 19.3 Å². The van der Waals surface area contributed by atoms with Crippen LogP contribution < -0.4 is 0 Å². The summed E-state index contributed by atoms with van der Waals surface area (Å²) in [5.41, 5.74) is 1.58. The normalized spacial score (nSPS) is 27.9. The van der Waals surface area contributed by atoms with Crippen molar-refractivity contribution in [1.82, 2.24) is 0 Å². The molecule has 0 radical (unpaired) electrons. The fourth-order valence-electron chi connectivity index (χ4n) is 1.65. The van der Waals surface area contributed by atoms with Crippen molar-refractivity contribution < 1.29 is 0 Å². The first-order chi connectivity index (χ1) is 5.24. The molecule has 0 heterocycles. The molecule has 0 bridgehead atoms. The summed E-state index contributed by atoms with van der Waals surface area (Å²) in [7, 11) is 0. The predicted molar refractivity (Wildman–Crippen MR) is 54.1 cm³/mol. The van der Waals surface area contributed by atoms with Crippen LogP contribution in [0.4, 0.5) is 0 Å². The zero-order chi connectivity index (χ0) is 8.27. The van der Waals surface area contributed by atoms with Crippen LogP contribution in [0.15, 0.2) is 11.6 Å². The highest BCUT2D eigenvalue weighted by Crippen LogP contribution is 2.29. The van der Waals surface area contributed by atoms with Gasteiger partial charge in [0.1, 0.15) is 0 Å². The Kier molecular flexibility index (Phi) is 3.50. The first-order valence-corrected chi connectivity index (χ1v) is 5.13. The van der Waals surface area contributed by atoms with E-state index in [1.807, 2.05) is 0 Å². The van der Waals surface area contributed by atoms with Crippen molar-refractivity contribution >= 4 is 12.6 Å². The molecule has 0 fully saturated rings. The van der Waals surface area contributed by atoms with Crippen LogP contribution in [-0.4, -0.2) is 5.75 Å². The van der Waals surface area contributed by atoms with E-state index in [9.17, 15) is 0 Å². The van der Waals surface area contributed by atoms with Crippen molar-refractivity contribution in [3.05, 3.63) is 11.6 Å². The Morgan fingerprint density at radius 3 is 2.91 bits per heavy atom. The molecule has 0 aliphatic heterocycles. The van der Waals surface area contributed by atoms with Crippen LogP contribution in [0, 0.1) is 11.8 Å². The minimum atomic E-state index is 0.794. The van der Waals surface area contributed by atoms with Crippen LogP contribution in [0.2, 0.25) is 0 Å². The fourth-order valence-corrected chi connectivity index (χ4v) is 1.95. The maximum Gasteiger partial charge on any atom is -0.00694 e. The third-order valence-electron chi connectivity index (χ3n) is 2.77. The lowest BCUT2D eigenvalue weighted by Gasteiger charge is -2.25. The highest BCUT2D eigenvalue weighted by molar-refractivity contribution is 7.80. The van der Waals surface area contributed by atoms with Crippen molar-refractivity contribution in [3.8, 4) is 0 Å². The molecule has 1 aliphatic rings. The molecule has 2 atom stereocenters. The van der Waals surface area contributed by atoms with Crippen molar-refractivity contribution in [1.29, 1.82) is 0 Å². The Balaban J connectivity index is 2.40. The summed E-state index contributed by atoms with van der Waals surface area (Å²) in [5.74, 6) is 2.73. The molecule has 1 rings (SSSR count). The van der Waals surface area contributed by atoms with E-state index in [-0.39, 0.29) is 0 Å². The fraction of sp³-hybridized carbons (Fsp3) is 0.800. The summed E-state index contributed by atoms with van der Waals surface area (Å²) in [6, 6.07) is 0. The van der Waals surface area contributed by atoms with E-state index in [2.05, 4.69) is 32.6 Å². The van der Waals surface area contributed by atoms with Gasteiger partial charge in [-0.3, -0.25) is 0 Å². The smallest absolute Gasteiger partial charge is 0.00694 e. The number of rotatable bonds is 2. The van der Waals surface area contributed by atoms with Gasteiger partial charge >= 0.3 is 0 Å². The van der Waals surface area contributed by atoms with Crippen LogP contribution in [0.25, 0.3) is 0 Å². The van der Waals surface area contributed by atoms with Crippen molar-refractivity contribution in [2.24, 2.45) is 11.8 Å². The Morgan fingerprint density at radius 2 is 2.45 bits per heavy atom. The zero-order valence-corrected chi connectivity index (χ0v) is 8.40. The Bertz CT molecular complexity index is 149. The van der Waals surface area contributed by atoms with Gasteiger partial charge in [0.25, 0.3) is 0 Å². The predicted octanol–water partition coefficient (Wildman–Crippen LogP) is 3.30. The Morgan fingerprint density at radius 1 is 1.73 bits per heavy atom. The second kappa shape index (κ2) is 4.20. The molecule has 1 aliphatic carbocycles. The summed E-state index contributed by atoms with van der Waals surface area (Å²) in [6.07, 6.45) is 6.37. The van der Waals surface area contributed by atoms with Crippen molar-refractivity contribution in [3.63, 3.8) is 0 Å². The van der Waals surface area contributed by atoms with Gasteiger partial charge in [-0.15, -0.1) is 0 Å². The summed E-state index contributed by atoms with van der Waals surface area (Å²) >= 11 is 4.33. The van der Waals surface area contributed by atoms with Crippen LogP contribution in [0.3, 0.4) is 0 Å². The topological polar surface area (TPSA) is 0 Å². The van der Waals surface area contributed by atoms with Gasteiger partial charge in [0, 0.05) is 0 Å². The number of hydrogen-bond donors (Lipinski definition) is 1. The van der Waals surface area contributed by atoms with E-state index in [0.29, 0.717) is 0 Å². The molecule has 0 nitrogen and oxygen atoms in total. The van der Waals surface area contributed by atoms with Gasteiger partial charge in [-0.2, -0.15) is 12.6 Å². The average Bonchev–Trinajstić information content (AvgIpc) is 2.05. The van der Waals surface area contributed by atoms with Gasteiger partial charge in [-0.05, 0) is 43.8 Å². The molecule has 0 amide bonds. The van der Waals surface area contributed by atoms with E-state index in [0.717, 1.165) is 17.6 Å². The highest BCUT2D eigenvalue weighted by atomic mass is 32.1. The van der Waals surface area contributed by atoms with Crippen LogP contribution in [-0.2, 0) is 0 Å². The molecule has 0 spiro atoms. The van der Waals surface area contributed by atoms with Crippen LogP contribution in [0.1, 0.15) is 33.1 Å². The summed E-state index contributed by atoms with van der Waals surface area (Å²) < 4.78 is 0. The molecule has 0 saturated carbocycles. The number of hydrogen-bond acceptors (Lipinski definition) is 1. The van der Waals surface area contributed by atoms with Gasteiger partial charge in [-0.25, -0.2) is 0 Å².